The normalized spacial score (nSPS) is 25.7. The molecule has 1 saturated heterocycles. The monoisotopic (exact) mass is 442 g/mol. The van der Waals surface area contributed by atoms with Crippen LogP contribution in [-0.4, -0.2) is 42.1 Å². The molecule has 1 saturated carbocycles. The first-order chi connectivity index (χ1) is 15.2. The number of carbonyl (C=O) groups excluding carboxylic acids is 2. The van der Waals surface area contributed by atoms with E-state index in [1.54, 1.807) is 13.3 Å². The minimum Gasteiger partial charge on any atom is -0.497 e. The summed E-state index contributed by atoms with van der Waals surface area (Å²) in [5.41, 5.74) is 1.13. The molecular formula is C24H30N2O6. The lowest BCUT2D eigenvalue weighted by Gasteiger charge is -2.33. The molecule has 0 radical (unpaired) electrons. The van der Waals surface area contributed by atoms with Crippen molar-refractivity contribution in [3.63, 3.8) is 0 Å². The summed E-state index contributed by atoms with van der Waals surface area (Å²) in [5.74, 6) is 0.847. The van der Waals surface area contributed by atoms with E-state index in [2.05, 4.69) is 10.3 Å². The minimum absolute atomic E-state index is 0.0450. The maximum Gasteiger partial charge on any atom is 0.509 e. The fourth-order valence-electron chi connectivity index (χ4n) is 4.54. The van der Waals surface area contributed by atoms with Gasteiger partial charge in [-0.25, -0.2) is 9.59 Å². The Balaban J connectivity index is 1.47. The fraction of sp³-hybridized carbons (Fsp3) is 0.542. The van der Waals surface area contributed by atoms with Gasteiger partial charge in [-0.05, 0) is 70.7 Å². The molecule has 32 heavy (non-hydrogen) atoms. The number of hydrogen-bond donors (Lipinski definition) is 1. The molecule has 0 unspecified atom stereocenters. The number of nitrogens with zero attached hydrogens (tertiary/aromatic N) is 1. The van der Waals surface area contributed by atoms with Crippen LogP contribution in [0.3, 0.4) is 0 Å². The number of pyridine rings is 1. The summed E-state index contributed by atoms with van der Waals surface area (Å²) in [5, 5.41) is 3.83. The Kier molecular flexibility index (Phi) is 6.13. The van der Waals surface area contributed by atoms with E-state index in [9.17, 15) is 9.59 Å². The number of carbonyl (C=O) groups is 2. The van der Waals surface area contributed by atoms with Crippen molar-refractivity contribution >= 4 is 23.2 Å². The van der Waals surface area contributed by atoms with Gasteiger partial charge in [-0.15, -0.1) is 0 Å². The SMILES string of the molecule is COc1ccc2nccc([C@H]3OC(=O)O[C@@H]3[C@H]3CC[C@H](NC(=O)OC(C)(C)C)CC3)c2c1. The van der Waals surface area contributed by atoms with Crippen LogP contribution >= 0.6 is 0 Å². The van der Waals surface area contributed by atoms with Gasteiger partial charge in [0.05, 0.1) is 12.6 Å². The molecule has 2 aliphatic rings. The van der Waals surface area contributed by atoms with Crippen LogP contribution in [0.25, 0.3) is 10.9 Å². The molecule has 1 aliphatic heterocycles. The molecule has 172 valence electrons. The zero-order valence-electron chi connectivity index (χ0n) is 18.9. The molecule has 1 N–H and O–H groups in total. The highest BCUT2D eigenvalue weighted by molar-refractivity contribution is 5.84. The molecule has 2 heterocycles. The number of cyclic esters (lactones) is 2. The molecule has 2 aromatic rings. The van der Waals surface area contributed by atoms with Crippen molar-refractivity contribution in [2.75, 3.05) is 7.11 Å². The number of alkyl carbamates (subject to hydrolysis) is 1. The topological polar surface area (TPSA) is 96.0 Å². The largest absolute Gasteiger partial charge is 0.509 e. The van der Waals surface area contributed by atoms with Gasteiger partial charge >= 0.3 is 12.2 Å². The average Bonchev–Trinajstić information content (AvgIpc) is 3.13. The molecule has 8 nitrogen and oxygen atoms in total. The summed E-state index contributed by atoms with van der Waals surface area (Å²) in [6, 6.07) is 7.56. The Hall–Kier alpha value is -3.03. The fourth-order valence-corrected chi connectivity index (χ4v) is 4.54. The third-order valence-corrected chi connectivity index (χ3v) is 6.00. The molecule has 2 atom stereocenters. The van der Waals surface area contributed by atoms with E-state index in [1.807, 2.05) is 45.0 Å². The second-order valence-corrected chi connectivity index (χ2v) is 9.41. The Morgan fingerprint density at radius 3 is 2.56 bits per heavy atom. The first-order valence-electron chi connectivity index (χ1n) is 11.0. The summed E-state index contributed by atoms with van der Waals surface area (Å²) in [4.78, 5) is 28.6. The molecular weight excluding hydrogens is 412 g/mol. The van der Waals surface area contributed by atoms with Crippen molar-refractivity contribution in [3.05, 3.63) is 36.0 Å². The van der Waals surface area contributed by atoms with E-state index >= 15 is 0 Å². The number of ether oxygens (including phenoxy) is 4. The van der Waals surface area contributed by atoms with Crippen LogP contribution in [0.2, 0.25) is 0 Å². The maximum atomic E-state index is 12.1. The highest BCUT2D eigenvalue weighted by atomic mass is 16.8. The van der Waals surface area contributed by atoms with E-state index in [4.69, 9.17) is 18.9 Å². The van der Waals surface area contributed by atoms with Crippen LogP contribution < -0.4 is 10.1 Å². The lowest BCUT2D eigenvalue weighted by atomic mass is 9.79. The van der Waals surface area contributed by atoms with Gasteiger partial charge in [-0.3, -0.25) is 4.98 Å². The minimum atomic E-state index is -0.651. The van der Waals surface area contributed by atoms with E-state index in [0.717, 1.165) is 42.1 Å². The molecule has 1 aromatic heterocycles. The Morgan fingerprint density at radius 1 is 1.12 bits per heavy atom. The highest BCUT2D eigenvalue weighted by Gasteiger charge is 2.44. The predicted octanol–water partition coefficient (Wildman–Crippen LogP) is 4.90. The number of hydrogen-bond acceptors (Lipinski definition) is 7. The zero-order chi connectivity index (χ0) is 22.9. The van der Waals surface area contributed by atoms with Crippen LogP contribution in [0.5, 0.6) is 5.75 Å². The lowest BCUT2D eigenvalue weighted by molar-refractivity contribution is 0.0436. The molecule has 1 aromatic carbocycles. The van der Waals surface area contributed by atoms with Gasteiger partial charge in [-0.1, -0.05) is 0 Å². The maximum absolute atomic E-state index is 12.1. The second-order valence-electron chi connectivity index (χ2n) is 9.41. The van der Waals surface area contributed by atoms with E-state index in [1.165, 1.54) is 0 Å². The van der Waals surface area contributed by atoms with E-state index in [-0.39, 0.29) is 18.1 Å². The van der Waals surface area contributed by atoms with Gasteiger partial charge in [0, 0.05) is 29.1 Å². The van der Waals surface area contributed by atoms with Gasteiger partial charge in [0.2, 0.25) is 0 Å². The van der Waals surface area contributed by atoms with Crippen molar-refractivity contribution in [1.29, 1.82) is 0 Å². The van der Waals surface area contributed by atoms with Crippen molar-refractivity contribution in [2.24, 2.45) is 5.92 Å². The number of methoxy groups -OCH3 is 1. The van der Waals surface area contributed by atoms with Crippen LogP contribution in [0.4, 0.5) is 9.59 Å². The smallest absolute Gasteiger partial charge is 0.497 e. The summed E-state index contributed by atoms with van der Waals surface area (Å²) in [7, 11) is 1.61. The Morgan fingerprint density at radius 2 is 1.88 bits per heavy atom. The van der Waals surface area contributed by atoms with E-state index in [0.29, 0.717) is 5.75 Å². The van der Waals surface area contributed by atoms with Gasteiger partial charge in [-0.2, -0.15) is 0 Å². The number of benzene rings is 1. The second kappa shape index (κ2) is 8.84. The first-order valence-corrected chi connectivity index (χ1v) is 11.0. The number of amides is 1. The highest BCUT2D eigenvalue weighted by Crippen LogP contribution is 2.42. The molecule has 2 fully saturated rings. The van der Waals surface area contributed by atoms with Gasteiger partial charge in [0.1, 0.15) is 17.5 Å². The predicted molar refractivity (Wildman–Crippen MR) is 118 cm³/mol. The molecule has 0 spiro atoms. The van der Waals surface area contributed by atoms with Crippen molar-refractivity contribution < 1.29 is 28.5 Å². The summed E-state index contributed by atoms with van der Waals surface area (Å²) >= 11 is 0. The molecule has 1 aliphatic carbocycles. The number of nitrogens with one attached hydrogen (secondary N) is 1. The Labute approximate surface area is 187 Å². The summed E-state index contributed by atoms with van der Waals surface area (Å²) in [6.45, 7) is 5.53. The van der Waals surface area contributed by atoms with Gasteiger partial charge < -0.3 is 24.3 Å². The molecule has 0 bridgehead atoms. The molecule has 4 rings (SSSR count). The zero-order valence-corrected chi connectivity index (χ0v) is 18.9. The van der Waals surface area contributed by atoms with Crippen molar-refractivity contribution in [3.8, 4) is 5.75 Å². The quantitative estimate of drug-likeness (QED) is 0.673. The van der Waals surface area contributed by atoms with Gasteiger partial charge in [0.25, 0.3) is 0 Å². The molecule has 1 amide bonds. The lowest BCUT2D eigenvalue weighted by Crippen LogP contribution is -2.42. The Bertz CT molecular complexity index is 994. The van der Waals surface area contributed by atoms with Crippen LogP contribution in [0, 0.1) is 5.92 Å². The van der Waals surface area contributed by atoms with Crippen LogP contribution in [0.1, 0.15) is 58.1 Å². The number of fused-ring (bicyclic) bond motifs is 1. The van der Waals surface area contributed by atoms with Gasteiger partial charge in [0.15, 0.2) is 6.10 Å². The average molecular weight is 443 g/mol. The van der Waals surface area contributed by atoms with Crippen LogP contribution in [0.15, 0.2) is 30.5 Å². The summed E-state index contributed by atoms with van der Waals surface area (Å²) < 4.78 is 22.0. The third kappa shape index (κ3) is 4.89. The van der Waals surface area contributed by atoms with E-state index < -0.39 is 24.0 Å². The van der Waals surface area contributed by atoms with Crippen LogP contribution in [-0.2, 0) is 14.2 Å². The standard InChI is InChI=1S/C24H30N2O6/c1-24(2,3)32-22(27)26-15-7-5-14(6-8-15)20-21(31-23(28)30-20)17-11-12-25-19-10-9-16(29-4)13-18(17)19/h9-15,20-21H,5-8H2,1-4H3,(H,26,27)/t14-,15-,20-,21-/m1/s1. The number of aromatic nitrogens is 1. The summed E-state index contributed by atoms with van der Waals surface area (Å²) in [6.07, 6.45) is 2.96. The third-order valence-electron chi connectivity index (χ3n) is 6.00. The number of rotatable bonds is 4. The van der Waals surface area contributed by atoms with Crippen molar-refractivity contribution in [1.82, 2.24) is 10.3 Å². The first kappa shape index (κ1) is 22.2. The van der Waals surface area contributed by atoms with Crippen molar-refractivity contribution in [2.45, 2.75) is 70.3 Å². The molecule has 8 heteroatoms.